The van der Waals surface area contributed by atoms with Crippen molar-refractivity contribution in [2.45, 2.75) is 63.6 Å². The van der Waals surface area contributed by atoms with E-state index in [9.17, 15) is 9.59 Å². The van der Waals surface area contributed by atoms with Crippen LogP contribution in [-0.4, -0.2) is 49.7 Å². The van der Waals surface area contributed by atoms with E-state index in [1.165, 1.54) is 19.3 Å². The minimum absolute atomic E-state index is 0. The van der Waals surface area contributed by atoms with E-state index in [-0.39, 0.29) is 36.4 Å². The Bertz CT molecular complexity index is 362. The number of rotatable bonds is 5. The summed E-state index contributed by atoms with van der Waals surface area (Å²) >= 11 is 0. The van der Waals surface area contributed by atoms with Gasteiger partial charge in [-0.05, 0) is 19.8 Å². The van der Waals surface area contributed by atoms with E-state index in [0.29, 0.717) is 32.2 Å². The topological polar surface area (TPSA) is 79.5 Å². The lowest BCUT2D eigenvalue weighted by atomic mass is 9.95. The van der Waals surface area contributed by atoms with Crippen molar-refractivity contribution >= 4 is 24.2 Å². The van der Waals surface area contributed by atoms with Crippen LogP contribution in [0.5, 0.6) is 0 Å². The van der Waals surface area contributed by atoms with E-state index in [4.69, 9.17) is 4.74 Å². The first-order chi connectivity index (χ1) is 10.2. The number of carbonyl (C=O) groups excluding carboxylic acids is 2. The molecule has 128 valence electrons. The summed E-state index contributed by atoms with van der Waals surface area (Å²) in [7, 11) is 0. The van der Waals surface area contributed by atoms with Crippen molar-refractivity contribution in [3.05, 3.63) is 0 Å². The third kappa shape index (κ3) is 6.10. The van der Waals surface area contributed by atoms with Gasteiger partial charge in [0.15, 0.2) is 0 Å². The average molecular weight is 334 g/mol. The minimum Gasteiger partial charge on any atom is -0.375 e. The van der Waals surface area contributed by atoms with Crippen molar-refractivity contribution in [3.8, 4) is 0 Å². The van der Waals surface area contributed by atoms with E-state index in [2.05, 4.69) is 16.0 Å². The van der Waals surface area contributed by atoms with Crippen molar-refractivity contribution < 1.29 is 14.3 Å². The molecule has 0 aromatic carbocycles. The number of hydrogen-bond acceptors (Lipinski definition) is 4. The number of nitrogens with one attached hydrogen (secondary N) is 3. The van der Waals surface area contributed by atoms with Gasteiger partial charge in [-0.2, -0.15) is 0 Å². The van der Waals surface area contributed by atoms with Crippen LogP contribution in [0.2, 0.25) is 0 Å². The van der Waals surface area contributed by atoms with Crippen molar-refractivity contribution in [2.75, 3.05) is 19.7 Å². The quantitative estimate of drug-likeness (QED) is 0.693. The Balaban J connectivity index is 0.00000242. The van der Waals surface area contributed by atoms with Crippen molar-refractivity contribution in [2.24, 2.45) is 0 Å². The molecule has 2 rings (SSSR count). The molecule has 6 nitrogen and oxygen atoms in total. The number of ether oxygens (including phenoxy) is 1. The fourth-order valence-corrected chi connectivity index (χ4v) is 2.98. The van der Waals surface area contributed by atoms with E-state index in [1.54, 1.807) is 0 Å². The molecule has 0 bridgehead atoms. The van der Waals surface area contributed by atoms with Gasteiger partial charge >= 0.3 is 0 Å². The van der Waals surface area contributed by atoms with Crippen LogP contribution in [0.25, 0.3) is 0 Å². The maximum absolute atomic E-state index is 12.0. The van der Waals surface area contributed by atoms with Gasteiger partial charge in [0, 0.05) is 25.6 Å². The van der Waals surface area contributed by atoms with Gasteiger partial charge in [0.2, 0.25) is 11.8 Å². The fraction of sp³-hybridized carbons (Fsp3) is 0.867. The molecule has 0 radical (unpaired) electrons. The summed E-state index contributed by atoms with van der Waals surface area (Å²) in [5.74, 6) is -0.0595. The highest BCUT2D eigenvalue weighted by molar-refractivity contribution is 5.85. The van der Waals surface area contributed by atoms with Gasteiger partial charge in [-0.25, -0.2) is 0 Å². The van der Waals surface area contributed by atoms with Gasteiger partial charge in [-0.3, -0.25) is 9.59 Å². The summed E-state index contributed by atoms with van der Waals surface area (Å²) in [4.78, 5) is 23.8. The molecule has 0 spiro atoms. The van der Waals surface area contributed by atoms with Crippen LogP contribution in [0.3, 0.4) is 0 Å². The average Bonchev–Trinajstić information content (AvgIpc) is 2.48. The van der Waals surface area contributed by atoms with Gasteiger partial charge in [0.05, 0.1) is 12.7 Å². The Morgan fingerprint density at radius 3 is 2.64 bits per heavy atom. The largest absolute Gasteiger partial charge is 0.375 e. The van der Waals surface area contributed by atoms with Crippen LogP contribution in [0.15, 0.2) is 0 Å². The highest BCUT2D eigenvalue weighted by Crippen LogP contribution is 2.17. The second-order valence-corrected chi connectivity index (χ2v) is 5.95. The smallest absolute Gasteiger partial charge is 0.239 e. The fourth-order valence-electron chi connectivity index (χ4n) is 2.98. The zero-order chi connectivity index (χ0) is 15.1. The minimum atomic E-state index is -0.319. The summed E-state index contributed by atoms with van der Waals surface area (Å²) in [5.41, 5.74) is 0. The predicted molar refractivity (Wildman–Crippen MR) is 87.1 cm³/mol. The summed E-state index contributed by atoms with van der Waals surface area (Å²) in [6.07, 6.45) is 6.05. The first kappa shape index (κ1) is 19.2. The van der Waals surface area contributed by atoms with Crippen molar-refractivity contribution in [1.82, 2.24) is 16.0 Å². The second kappa shape index (κ2) is 10.0. The molecule has 0 aromatic heterocycles. The van der Waals surface area contributed by atoms with Gasteiger partial charge in [-0.1, -0.05) is 19.3 Å². The molecule has 2 atom stereocenters. The Hall–Kier alpha value is -0.850. The summed E-state index contributed by atoms with van der Waals surface area (Å²) < 4.78 is 5.44. The van der Waals surface area contributed by atoms with Crippen LogP contribution < -0.4 is 16.0 Å². The molecular weight excluding hydrogens is 306 g/mol. The molecule has 0 unspecified atom stereocenters. The first-order valence-corrected chi connectivity index (χ1v) is 8.09. The van der Waals surface area contributed by atoms with Crippen LogP contribution in [0.1, 0.15) is 45.4 Å². The van der Waals surface area contributed by atoms with E-state index >= 15 is 0 Å². The second-order valence-electron chi connectivity index (χ2n) is 5.95. The highest BCUT2D eigenvalue weighted by atomic mass is 35.5. The number of carbonyl (C=O) groups is 2. The molecular formula is C15H28ClN3O3. The Morgan fingerprint density at radius 1 is 1.23 bits per heavy atom. The zero-order valence-corrected chi connectivity index (χ0v) is 14.0. The molecule has 1 aliphatic heterocycles. The Kier molecular flexibility index (Phi) is 8.75. The monoisotopic (exact) mass is 333 g/mol. The molecule has 3 N–H and O–H groups in total. The maximum Gasteiger partial charge on any atom is 0.239 e. The van der Waals surface area contributed by atoms with Crippen molar-refractivity contribution in [1.29, 1.82) is 0 Å². The molecule has 0 aromatic rings. The number of amides is 2. The Morgan fingerprint density at radius 2 is 1.95 bits per heavy atom. The third-order valence-corrected chi connectivity index (χ3v) is 4.22. The third-order valence-electron chi connectivity index (χ3n) is 4.22. The molecule has 2 aliphatic rings. The molecule has 2 fully saturated rings. The molecule has 1 saturated carbocycles. The van der Waals surface area contributed by atoms with Crippen LogP contribution in [0, 0.1) is 0 Å². The van der Waals surface area contributed by atoms with E-state index in [1.807, 2.05) is 6.92 Å². The van der Waals surface area contributed by atoms with Crippen LogP contribution in [0.4, 0.5) is 0 Å². The van der Waals surface area contributed by atoms with Crippen LogP contribution in [-0.2, 0) is 14.3 Å². The van der Waals surface area contributed by atoms with Gasteiger partial charge < -0.3 is 20.7 Å². The van der Waals surface area contributed by atoms with Crippen LogP contribution >= 0.6 is 12.4 Å². The van der Waals surface area contributed by atoms with Gasteiger partial charge in [0.25, 0.3) is 0 Å². The lowest BCUT2D eigenvalue weighted by Crippen LogP contribution is -2.55. The van der Waals surface area contributed by atoms with E-state index in [0.717, 1.165) is 12.8 Å². The van der Waals surface area contributed by atoms with Crippen molar-refractivity contribution in [3.63, 3.8) is 0 Å². The zero-order valence-electron chi connectivity index (χ0n) is 13.2. The molecule has 1 aliphatic carbocycles. The normalized spacial score (nSPS) is 25.9. The SMILES string of the molecule is C[C@H]1OCCN[C@@H]1C(=O)NCCC(=O)NC1CCCCC1.Cl. The number of morpholine rings is 1. The Labute approximate surface area is 138 Å². The summed E-state index contributed by atoms with van der Waals surface area (Å²) in [5, 5.41) is 8.99. The number of halogens is 1. The lowest BCUT2D eigenvalue weighted by Gasteiger charge is -2.29. The molecule has 1 heterocycles. The standard InChI is InChI=1S/C15H27N3O3.ClH/c1-11-14(16-9-10-21-11)15(20)17-8-7-13(19)18-12-5-3-2-4-6-12;/h11-12,14,16H,2-10H2,1H3,(H,17,20)(H,18,19);1H/t11-,14+;/m1./s1. The maximum atomic E-state index is 12.0. The molecule has 22 heavy (non-hydrogen) atoms. The summed E-state index contributed by atoms with van der Waals surface area (Å²) in [6.45, 7) is 3.58. The molecule has 7 heteroatoms. The highest BCUT2D eigenvalue weighted by Gasteiger charge is 2.28. The predicted octanol–water partition coefficient (Wildman–Crippen LogP) is 0.740. The summed E-state index contributed by atoms with van der Waals surface area (Å²) in [6, 6.07) is 0.00976. The molecule has 1 saturated heterocycles. The van der Waals surface area contributed by atoms with E-state index < -0.39 is 0 Å². The van der Waals surface area contributed by atoms with Gasteiger partial charge in [-0.15, -0.1) is 12.4 Å². The number of hydrogen-bond donors (Lipinski definition) is 3. The molecule has 2 amide bonds. The van der Waals surface area contributed by atoms with Gasteiger partial charge in [0.1, 0.15) is 6.04 Å². The lowest BCUT2D eigenvalue weighted by molar-refractivity contribution is -0.129. The first-order valence-electron chi connectivity index (χ1n) is 8.09.